The van der Waals surface area contributed by atoms with Gasteiger partial charge in [0.05, 0.1) is 0 Å². The van der Waals surface area contributed by atoms with Gasteiger partial charge < -0.3 is 5.32 Å². The van der Waals surface area contributed by atoms with Crippen LogP contribution >= 0.6 is 0 Å². The van der Waals surface area contributed by atoms with Crippen molar-refractivity contribution in [2.75, 3.05) is 6.67 Å². The van der Waals surface area contributed by atoms with Crippen molar-refractivity contribution < 1.29 is 9.18 Å². The molecule has 1 amide bonds. The van der Waals surface area contributed by atoms with Crippen molar-refractivity contribution in [3.05, 3.63) is 0 Å². The van der Waals surface area contributed by atoms with Crippen LogP contribution in [0.4, 0.5) is 4.39 Å². The summed E-state index contributed by atoms with van der Waals surface area (Å²) in [7, 11) is 0. The van der Waals surface area contributed by atoms with Crippen molar-refractivity contribution in [3.8, 4) is 0 Å². The first kappa shape index (κ1) is 10.4. The van der Waals surface area contributed by atoms with Gasteiger partial charge >= 0.3 is 0 Å². The van der Waals surface area contributed by atoms with Crippen molar-refractivity contribution in [1.82, 2.24) is 5.32 Å². The molecule has 0 aliphatic rings. The molecule has 66 valence electrons. The predicted octanol–water partition coefficient (Wildman–Crippen LogP) is 1.51. The monoisotopic (exact) mass is 161 g/mol. The molecule has 0 saturated carbocycles. The molecular weight excluding hydrogens is 145 g/mol. The van der Waals surface area contributed by atoms with Crippen LogP contribution in [0, 0.1) is 5.41 Å². The normalized spacial score (nSPS) is 14.3. The highest BCUT2D eigenvalue weighted by Crippen LogP contribution is 2.18. The number of hydrogen-bond donors (Lipinski definition) is 1. The average Bonchev–Trinajstić information content (AvgIpc) is 1.85. The Kier molecular flexibility index (Phi) is 3.49. The van der Waals surface area contributed by atoms with Gasteiger partial charge in [-0.15, -0.1) is 0 Å². The number of amides is 1. The maximum Gasteiger partial charge on any atom is 0.251 e. The van der Waals surface area contributed by atoms with Gasteiger partial charge in [0.2, 0.25) is 0 Å². The highest BCUT2D eigenvalue weighted by molar-refractivity contribution is 5.77. The van der Waals surface area contributed by atoms with Crippen molar-refractivity contribution >= 4 is 5.91 Å². The fraction of sp³-hybridized carbons (Fsp3) is 0.875. The molecule has 0 rings (SSSR count). The maximum atomic E-state index is 11.7. The second-order valence-electron chi connectivity index (χ2n) is 3.79. The van der Waals surface area contributed by atoms with Crippen LogP contribution in [0.3, 0.4) is 0 Å². The van der Waals surface area contributed by atoms with E-state index in [1.807, 2.05) is 27.7 Å². The van der Waals surface area contributed by atoms with Crippen LogP contribution in [0.25, 0.3) is 0 Å². The van der Waals surface area contributed by atoms with Crippen LogP contribution in [0.5, 0.6) is 0 Å². The molecule has 0 aromatic heterocycles. The highest BCUT2D eigenvalue weighted by atomic mass is 19.1. The number of carbonyl (C=O) groups excluding carboxylic acids is 1. The number of rotatable bonds is 2. The molecule has 1 unspecified atom stereocenters. The Morgan fingerprint density at radius 1 is 1.55 bits per heavy atom. The highest BCUT2D eigenvalue weighted by Gasteiger charge is 2.21. The lowest BCUT2D eigenvalue weighted by Gasteiger charge is -2.27. The summed E-state index contributed by atoms with van der Waals surface area (Å²) in [5, 5.41) is 2.56. The summed E-state index contributed by atoms with van der Waals surface area (Å²) in [6.45, 7) is 6.93. The van der Waals surface area contributed by atoms with Crippen molar-refractivity contribution in [1.29, 1.82) is 0 Å². The Morgan fingerprint density at radius 3 is 2.27 bits per heavy atom. The Bertz CT molecular complexity index is 140. The zero-order valence-corrected chi connectivity index (χ0v) is 7.57. The molecule has 11 heavy (non-hydrogen) atoms. The SMILES string of the molecule is CC(NC(=O)CF)C(C)(C)C. The number of carbonyl (C=O) groups is 1. The Balaban J connectivity index is 3.87. The summed E-state index contributed by atoms with van der Waals surface area (Å²) in [6.07, 6.45) is 0. The molecule has 0 spiro atoms. The molecule has 0 aromatic rings. The summed E-state index contributed by atoms with van der Waals surface area (Å²) in [4.78, 5) is 10.6. The fourth-order valence-corrected chi connectivity index (χ4v) is 0.497. The van der Waals surface area contributed by atoms with E-state index in [4.69, 9.17) is 0 Å². The largest absolute Gasteiger partial charge is 0.351 e. The number of nitrogens with one attached hydrogen (secondary N) is 1. The molecule has 0 fully saturated rings. The molecule has 0 aliphatic carbocycles. The second-order valence-corrected chi connectivity index (χ2v) is 3.79. The molecule has 1 N–H and O–H groups in total. The quantitative estimate of drug-likeness (QED) is 0.653. The topological polar surface area (TPSA) is 29.1 Å². The molecule has 0 saturated heterocycles. The van der Waals surface area contributed by atoms with E-state index in [-0.39, 0.29) is 11.5 Å². The van der Waals surface area contributed by atoms with Gasteiger partial charge in [0, 0.05) is 6.04 Å². The number of halogens is 1. The lowest BCUT2D eigenvalue weighted by Crippen LogP contribution is -2.42. The minimum Gasteiger partial charge on any atom is -0.351 e. The van der Waals surface area contributed by atoms with Gasteiger partial charge in [0.1, 0.15) is 0 Å². The second kappa shape index (κ2) is 3.69. The molecule has 0 heterocycles. The van der Waals surface area contributed by atoms with E-state index < -0.39 is 12.6 Å². The minimum atomic E-state index is -0.930. The van der Waals surface area contributed by atoms with Gasteiger partial charge in [-0.05, 0) is 12.3 Å². The molecule has 1 atom stereocenters. The van der Waals surface area contributed by atoms with Crippen LogP contribution in [0.2, 0.25) is 0 Å². The zero-order valence-electron chi connectivity index (χ0n) is 7.57. The van der Waals surface area contributed by atoms with E-state index in [1.165, 1.54) is 0 Å². The van der Waals surface area contributed by atoms with Crippen LogP contribution in [0.1, 0.15) is 27.7 Å². The Hall–Kier alpha value is -0.600. The third-order valence-electron chi connectivity index (χ3n) is 1.80. The fourth-order valence-electron chi connectivity index (χ4n) is 0.497. The first-order valence-corrected chi connectivity index (χ1v) is 3.73. The van der Waals surface area contributed by atoms with E-state index >= 15 is 0 Å². The Morgan fingerprint density at radius 2 is 2.00 bits per heavy atom. The van der Waals surface area contributed by atoms with Gasteiger partial charge in [-0.1, -0.05) is 20.8 Å². The molecule has 3 heteroatoms. The zero-order chi connectivity index (χ0) is 9.07. The van der Waals surface area contributed by atoms with E-state index in [0.29, 0.717) is 0 Å². The lowest BCUT2D eigenvalue weighted by atomic mass is 9.88. The van der Waals surface area contributed by atoms with Crippen molar-refractivity contribution in [3.63, 3.8) is 0 Å². The van der Waals surface area contributed by atoms with E-state index in [0.717, 1.165) is 0 Å². The summed E-state index contributed by atoms with van der Waals surface area (Å²) in [5.41, 5.74) is -0.00910. The molecule has 2 nitrogen and oxygen atoms in total. The first-order chi connectivity index (χ1) is 4.88. The predicted molar refractivity (Wildman–Crippen MR) is 43.0 cm³/mol. The van der Waals surface area contributed by atoms with Crippen LogP contribution < -0.4 is 5.32 Å². The summed E-state index contributed by atoms with van der Waals surface area (Å²) >= 11 is 0. The maximum absolute atomic E-state index is 11.7. The summed E-state index contributed by atoms with van der Waals surface area (Å²) in [5.74, 6) is -0.535. The van der Waals surface area contributed by atoms with Gasteiger partial charge in [-0.25, -0.2) is 4.39 Å². The first-order valence-electron chi connectivity index (χ1n) is 3.73. The van der Waals surface area contributed by atoms with Crippen LogP contribution in [0.15, 0.2) is 0 Å². The third-order valence-corrected chi connectivity index (χ3v) is 1.80. The van der Waals surface area contributed by atoms with Crippen LogP contribution in [-0.2, 0) is 4.79 Å². The molecular formula is C8H16FNO. The smallest absolute Gasteiger partial charge is 0.251 e. The van der Waals surface area contributed by atoms with Crippen molar-refractivity contribution in [2.24, 2.45) is 5.41 Å². The van der Waals surface area contributed by atoms with Gasteiger partial charge in [0.15, 0.2) is 6.67 Å². The summed E-state index contributed by atoms with van der Waals surface area (Å²) in [6, 6.07) is 0.00532. The third kappa shape index (κ3) is 3.96. The Labute approximate surface area is 67.2 Å². The number of hydrogen-bond acceptors (Lipinski definition) is 1. The van der Waals surface area contributed by atoms with E-state index in [9.17, 15) is 9.18 Å². The average molecular weight is 161 g/mol. The van der Waals surface area contributed by atoms with E-state index in [1.54, 1.807) is 0 Å². The summed E-state index contributed by atoms with van der Waals surface area (Å²) < 4.78 is 11.7. The molecule has 0 radical (unpaired) electrons. The standard InChI is InChI=1S/C8H16FNO/c1-6(8(2,3)4)10-7(11)5-9/h6H,5H2,1-4H3,(H,10,11). The molecule has 0 aromatic carbocycles. The lowest BCUT2D eigenvalue weighted by molar-refractivity contribution is -0.123. The minimum absolute atomic E-state index is 0.00532. The van der Waals surface area contributed by atoms with Gasteiger partial charge in [-0.2, -0.15) is 0 Å². The van der Waals surface area contributed by atoms with Gasteiger partial charge in [-0.3, -0.25) is 4.79 Å². The number of alkyl halides is 1. The molecule has 0 bridgehead atoms. The molecule has 0 aliphatic heterocycles. The van der Waals surface area contributed by atoms with Crippen molar-refractivity contribution in [2.45, 2.75) is 33.7 Å². The van der Waals surface area contributed by atoms with E-state index in [2.05, 4.69) is 5.32 Å². The van der Waals surface area contributed by atoms with Gasteiger partial charge in [0.25, 0.3) is 5.91 Å². The van der Waals surface area contributed by atoms with Crippen LogP contribution in [-0.4, -0.2) is 18.6 Å².